The molecule has 0 atom stereocenters. The number of thioether (sulfide) groups is 1. The summed E-state index contributed by atoms with van der Waals surface area (Å²) in [5.74, 6) is 1.46. The van der Waals surface area contributed by atoms with E-state index in [2.05, 4.69) is 53.1 Å². The summed E-state index contributed by atoms with van der Waals surface area (Å²) < 4.78 is 7.69. The molecule has 0 spiro atoms. The van der Waals surface area contributed by atoms with Gasteiger partial charge in [-0.3, -0.25) is 9.36 Å². The predicted molar refractivity (Wildman–Crippen MR) is 137 cm³/mol. The van der Waals surface area contributed by atoms with Crippen molar-refractivity contribution >= 4 is 34.1 Å². The monoisotopic (exact) mass is 491 g/mol. The van der Waals surface area contributed by atoms with E-state index in [0.717, 1.165) is 17.0 Å². The molecule has 7 nitrogen and oxygen atoms in total. The number of allylic oxidation sites excluding steroid dienone is 1. The number of hydrogen-bond donors (Lipinski definition) is 1. The Labute approximate surface area is 206 Å². The maximum absolute atomic E-state index is 12.5. The number of aromatic nitrogens is 4. The number of thiazole rings is 1. The molecule has 174 valence electrons. The molecule has 2 aromatic carbocycles. The summed E-state index contributed by atoms with van der Waals surface area (Å²) in [6, 6.07) is 15.8. The summed E-state index contributed by atoms with van der Waals surface area (Å²) in [5, 5.41) is 14.5. The van der Waals surface area contributed by atoms with Crippen molar-refractivity contribution in [3.63, 3.8) is 0 Å². The topological polar surface area (TPSA) is 81.9 Å². The minimum atomic E-state index is -0.152. The van der Waals surface area contributed by atoms with E-state index in [9.17, 15) is 4.79 Å². The molecule has 1 N–H and O–H groups in total. The third-order valence-corrected chi connectivity index (χ3v) is 6.83. The number of carbonyl (C=O) groups excluding carboxylic acids is 1. The van der Waals surface area contributed by atoms with Crippen LogP contribution >= 0.6 is 23.1 Å². The number of carbonyl (C=O) groups is 1. The van der Waals surface area contributed by atoms with Crippen LogP contribution in [0, 0.1) is 13.8 Å². The van der Waals surface area contributed by atoms with E-state index in [1.807, 2.05) is 46.3 Å². The molecule has 0 saturated heterocycles. The Bertz CT molecular complexity index is 1280. The highest BCUT2D eigenvalue weighted by Crippen LogP contribution is 2.27. The second-order valence-corrected chi connectivity index (χ2v) is 9.37. The van der Waals surface area contributed by atoms with Gasteiger partial charge in [0.2, 0.25) is 5.91 Å². The van der Waals surface area contributed by atoms with Crippen molar-refractivity contribution in [1.29, 1.82) is 0 Å². The molecular formula is C25H25N5O2S2. The van der Waals surface area contributed by atoms with E-state index in [1.54, 1.807) is 6.08 Å². The standard InChI is InChI=1S/C25H25N5O2S2/c1-4-12-30-22(14-32-20-8-6-5-7-9-20)28-29-25(30)34-16-23(31)27-24-26-21(15-33-24)19-11-10-17(2)18(3)13-19/h4-11,13,15H,1,12,14,16H2,2-3H3,(H,26,27,31). The normalized spacial score (nSPS) is 10.8. The molecule has 34 heavy (non-hydrogen) atoms. The minimum absolute atomic E-state index is 0.152. The first-order chi connectivity index (χ1) is 16.5. The Kier molecular flexibility index (Phi) is 7.76. The zero-order valence-electron chi connectivity index (χ0n) is 19.0. The first-order valence-corrected chi connectivity index (χ1v) is 12.6. The Balaban J connectivity index is 1.35. The van der Waals surface area contributed by atoms with Crippen molar-refractivity contribution in [2.75, 3.05) is 11.1 Å². The predicted octanol–water partition coefficient (Wildman–Crippen LogP) is 5.51. The highest BCUT2D eigenvalue weighted by atomic mass is 32.2. The van der Waals surface area contributed by atoms with Crippen LogP contribution in [0.25, 0.3) is 11.3 Å². The number of nitrogens with zero attached hydrogens (tertiary/aromatic N) is 4. The highest BCUT2D eigenvalue weighted by molar-refractivity contribution is 7.99. The van der Waals surface area contributed by atoms with Crippen molar-refractivity contribution in [3.8, 4) is 17.0 Å². The maximum atomic E-state index is 12.5. The van der Waals surface area contributed by atoms with Crippen LogP contribution in [0.2, 0.25) is 0 Å². The molecule has 0 aliphatic heterocycles. The molecule has 4 aromatic rings. The van der Waals surface area contributed by atoms with Crippen molar-refractivity contribution < 1.29 is 9.53 Å². The van der Waals surface area contributed by atoms with E-state index < -0.39 is 0 Å². The summed E-state index contributed by atoms with van der Waals surface area (Å²) in [6.07, 6.45) is 1.77. The molecule has 2 aromatic heterocycles. The average molecular weight is 492 g/mol. The second kappa shape index (κ2) is 11.1. The van der Waals surface area contributed by atoms with E-state index >= 15 is 0 Å². The Morgan fingerprint density at radius 3 is 2.76 bits per heavy atom. The fourth-order valence-electron chi connectivity index (χ4n) is 3.16. The Morgan fingerprint density at radius 2 is 2.00 bits per heavy atom. The molecular weight excluding hydrogens is 466 g/mol. The molecule has 0 saturated carbocycles. The van der Waals surface area contributed by atoms with Crippen LogP contribution in [0.1, 0.15) is 17.0 Å². The summed E-state index contributed by atoms with van der Waals surface area (Å²) in [6.45, 7) is 8.77. The van der Waals surface area contributed by atoms with Gasteiger partial charge in [-0.25, -0.2) is 4.98 Å². The number of anilines is 1. The van der Waals surface area contributed by atoms with Crippen molar-refractivity contribution in [3.05, 3.63) is 83.5 Å². The second-order valence-electron chi connectivity index (χ2n) is 7.57. The number of ether oxygens (including phenoxy) is 1. The largest absolute Gasteiger partial charge is 0.486 e. The molecule has 1 amide bonds. The van der Waals surface area contributed by atoms with Gasteiger partial charge in [-0.1, -0.05) is 48.2 Å². The summed E-state index contributed by atoms with van der Waals surface area (Å²) in [4.78, 5) is 17.1. The SMILES string of the molecule is C=CCn1c(COc2ccccc2)nnc1SCC(=O)Nc1nc(-c2ccc(C)c(C)c2)cs1. The van der Waals surface area contributed by atoms with Gasteiger partial charge in [0.25, 0.3) is 0 Å². The molecule has 9 heteroatoms. The van der Waals surface area contributed by atoms with Gasteiger partial charge in [0.05, 0.1) is 11.4 Å². The Morgan fingerprint density at radius 1 is 1.18 bits per heavy atom. The van der Waals surface area contributed by atoms with Crippen LogP contribution in [0.4, 0.5) is 5.13 Å². The van der Waals surface area contributed by atoms with Crippen molar-refractivity contribution in [2.24, 2.45) is 0 Å². The van der Waals surface area contributed by atoms with Crippen molar-refractivity contribution in [2.45, 2.75) is 32.2 Å². The fourth-order valence-corrected chi connectivity index (χ4v) is 4.66. The van der Waals surface area contributed by atoms with E-state index in [1.165, 1.54) is 34.2 Å². The van der Waals surface area contributed by atoms with Gasteiger partial charge >= 0.3 is 0 Å². The highest BCUT2D eigenvalue weighted by Gasteiger charge is 2.15. The van der Waals surface area contributed by atoms with Crippen LogP contribution < -0.4 is 10.1 Å². The van der Waals surface area contributed by atoms with E-state index in [0.29, 0.717) is 22.7 Å². The first kappa shape index (κ1) is 23.7. The average Bonchev–Trinajstić information content (AvgIpc) is 3.46. The molecule has 0 bridgehead atoms. The molecule has 0 radical (unpaired) electrons. The van der Waals surface area contributed by atoms with Gasteiger partial charge < -0.3 is 10.1 Å². The number of hydrogen-bond acceptors (Lipinski definition) is 7. The fraction of sp³-hybridized carbons (Fsp3) is 0.200. The number of para-hydroxylation sites is 1. The van der Waals surface area contributed by atoms with Gasteiger partial charge in [-0.05, 0) is 43.2 Å². The number of rotatable bonds is 10. The van der Waals surface area contributed by atoms with Crippen LogP contribution in [0.3, 0.4) is 0 Å². The lowest BCUT2D eigenvalue weighted by atomic mass is 10.1. The molecule has 4 rings (SSSR count). The first-order valence-electron chi connectivity index (χ1n) is 10.7. The zero-order valence-corrected chi connectivity index (χ0v) is 20.7. The van der Waals surface area contributed by atoms with Crippen LogP contribution in [0.15, 0.2) is 71.7 Å². The van der Waals surface area contributed by atoms with Gasteiger partial charge in [0.15, 0.2) is 16.1 Å². The smallest absolute Gasteiger partial charge is 0.236 e. The van der Waals surface area contributed by atoms with E-state index in [4.69, 9.17) is 4.74 Å². The summed E-state index contributed by atoms with van der Waals surface area (Å²) in [7, 11) is 0. The minimum Gasteiger partial charge on any atom is -0.486 e. The number of nitrogens with one attached hydrogen (secondary N) is 1. The third kappa shape index (κ3) is 5.92. The lowest BCUT2D eigenvalue weighted by Crippen LogP contribution is -2.15. The maximum Gasteiger partial charge on any atom is 0.236 e. The van der Waals surface area contributed by atoms with Gasteiger partial charge in [-0.2, -0.15) is 0 Å². The quantitative estimate of drug-likeness (QED) is 0.233. The lowest BCUT2D eigenvalue weighted by Gasteiger charge is -2.09. The summed E-state index contributed by atoms with van der Waals surface area (Å²) in [5.41, 5.74) is 4.34. The third-order valence-electron chi connectivity index (χ3n) is 5.10. The van der Waals surface area contributed by atoms with Crippen LogP contribution in [-0.2, 0) is 17.9 Å². The zero-order chi connectivity index (χ0) is 23.9. The molecule has 2 heterocycles. The van der Waals surface area contributed by atoms with E-state index in [-0.39, 0.29) is 18.3 Å². The van der Waals surface area contributed by atoms with Gasteiger partial charge in [0.1, 0.15) is 12.4 Å². The van der Waals surface area contributed by atoms with Crippen LogP contribution in [-0.4, -0.2) is 31.4 Å². The van der Waals surface area contributed by atoms with Gasteiger partial charge in [0, 0.05) is 17.5 Å². The molecule has 0 fully saturated rings. The van der Waals surface area contributed by atoms with Gasteiger partial charge in [-0.15, -0.1) is 28.1 Å². The van der Waals surface area contributed by atoms with Crippen molar-refractivity contribution in [1.82, 2.24) is 19.7 Å². The molecule has 0 unspecified atom stereocenters. The van der Waals surface area contributed by atoms with Crippen LogP contribution in [0.5, 0.6) is 5.75 Å². The summed E-state index contributed by atoms with van der Waals surface area (Å²) >= 11 is 2.72. The lowest BCUT2D eigenvalue weighted by molar-refractivity contribution is -0.113. The number of amides is 1. The number of aryl methyl sites for hydroxylation is 2. The molecule has 0 aliphatic rings. The molecule has 0 aliphatic carbocycles. The Hall–Kier alpha value is -3.43. The number of benzene rings is 2.